The van der Waals surface area contributed by atoms with Crippen LogP contribution in [0.5, 0.6) is 5.75 Å². The van der Waals surface area contributed by atoms with Crippen LogP contribution in [0.4, 0.5) is 23.3 Å². The van der Waals surface area contributed by atoms with E-state index >= 15 is 0 Å². The van der Waals surface area contributed by atoms with Gasteiger partial charge in [0.15, 0.2) is 5.16 Å². The third kappa shape index (κ3) is 5.86. The van der Waals surface area contributed by atoms with E-state index in [1.807, 2.05) is 42.5 Å². The molecule has 1 saturated heterocycles. The molecule has 0 saturated carbocycles. The number of hydrogen-bond donors (Lipinski definition) is 2. The first kappa shape index (κ1) is 21.8. The largest absolute Gasteiger partial charge is 0.495 e. The number of morpholine rings is 1. The Morgan fingerprint density at radius 1 is 1.06 bits per heavy atom. The lowest BCUT2D eigenvalue weighted by Crippen LogP contribution is -2.37. The molecule has 0 unspecified atom stereocenters. The summed E-state index contributed by atoms with van der Waals surface area (Å²) in [5.41, 5.74) is 1.49. The van der Waals surface area contributed by atoms with Gasteiger partial charge in [-0.1, -0.05) is 42.1 Å². The van der Waals surface area contributed by atoms with Gasteiger partial charge in [0.05, 0.1) is 31.8 Å². The zero-order valence-electron chi connectivity index (χ0n) is 17.7. The molecule has 1 aromatic heterocycles. The number of carbonyl (C=O) groups is 1. The van der Waals surface area contributed by atoms with Gasteiger partial charge < -0.3 is 25.0 Å². The van der Waals surface area contributed by atoms with Gasteiger partial charge in [-0.15, -0.1) is 0 Å². The van der Waals surface area contributed by atoms with Crippen LogP contribution < -0.4 is 20.3 Å². The summed E-state index contributed by atoms with van der Waals surface area (Å²) in [6.07, 6.45) is 0. The van der Waals surface area contributed by atoms with Gasteiger partial charge >= 0.3 is 0 Å². The van der Waals surface area contributed by atoms with Crippen molar-refractivity contribution >= 4 is 40.9 Å². The predicted molar refractivity (Wildman–Crippen MR) is 125 cm³/mol. The fourth-order valence-electron chi connectivity index (χ4n) is 3.09. The predicted octanol–water partition coefficient (Wildman–Crippen LogP) is 3.19. The minimum atomic E-state index is -0.176. The highest BCUT2D eigenvalue weighted by atomic mass is 32.2. The summed E-state index contributed by atoms with van der Waals surface area (Å²) in [6.45, 7) is 2.65. The molecular formula is C22H24N6O3S. The van der Waals surface area contributed by atoms with Crippen molar-refractivity contribution in [1.29, 1.82) is 0 Å². The summed E-state index contributed by atoms with van der Waals surface area (Å²) in [7, 11) is 1.57. The lowest BCUT2D eigenvalue weighted by molar-refractivity contribution is -0.113. The lowest BCUT2D eigenvalue weighted by Gasteiger charge is -2.27. The number of rotatable bonds is 8. The number of anilines is 4. The van der Waals surface area contributed by atoms with E-state index < -0.39 is 0 Å². The van der Waals surface area contributed by atoms with Crippen LogP contribution in [-0.4, -0.2) is 60.0 Å². The molecule has 1 aliphatic rings. The standard InChI is InChI=1S/C22H24N6O3S/c1-30-18-10-6-5-9-17(18)24-19(29)15-32-22-26-20(23-16-7-3-2-4-8-16)25-21(27-22)28-11-13-31-14-12-28/h2-10H,11-15H2,1H3,(H,24,29)(H,23,25,26,27). The molecule has 2 heterocycles. The Morgan fingerprint density at radius 2 is 1.81 bits per heavy atom. The zero-order chi connectivity index (χ0) is 22.2. The maximum absolute atomic E-state index is 12.5. The monoisotopic (exact) mass is 452 g/mol. The van der Waals surface area contributed by atoms with Gasteiger partial charge in [-0.05, 0) is 24.3 Å². The first-order valence-corrected chi connectivity index (χ1v) is 11.2. The molecule has 10 heteroatoms. The lowest BCUT2D eigenvalue weighted by atomic mass is 10.3. The average molecular weight is 453 g/mol. The number of nitrogens with one attached hydrogen (secondary N) is 2. The van der Waals surface area contributed by atoms with E-state index in [0.29, 0.717) is 54.8 Å². The van der Waals surface area contributed by atoms with Gasteiger partial charge in [-0.2, -0.15) is 15.0 Å². The second-order valence-electron chi connectivity index (χ2n) is 6.87. The second kappa shape index (κ2) is 10.8. The molecular weight excluding hydrogens is 428 g/mol. The van der Waals surface area contributed by atoms with E-state index in [2.05, 4.69) is 30.5 Å². The van der Waals surface area contributed by atoms with Crippen molar-refractivity contribution in [2.24, 2.45) is 0 Å². The highest BCUT2D eigenvalue weighted by Gasteiger charge is 2.18. The van der Waals surface area contributed by atoms with Crippen molar-refractivity contribution in [3.8, 4) is 5.75 Å². The van der Waals surface area contributed by atoms with Gasteiger partial charge in [-0.3, -0.25) is 4.79 Å². The molecule has 1 aliphatic heterocycles. The van der Waals surface area contributed by atoms with Crippen LogP contribution in [-0.2, 0) is 9.53 Å². The number of benzene rings is 2. The summed E-state index contributed by atoms with van der Waals surface area (Å²) in [5, 5.41) is 6.55. The Hall–Kier alpha value is -3.37. The van der Waals surface area contributed by atoms with E-state index in [1.165, 1.54) is 11.8 Å². The fourth-order valence-corrected chi connectivity index (χ4v) is 3.72. The minimum Gasteiger partial charge on any atom is -0.495 e. The van der Waals surface area contributed by atoms with Crippen LogP contribution in [0.3, 0.4) is 0 Å². The Labute approximate surface area is 190 Å². The quantitative estimate of drug-likeness (QED) is 0.499. The van der Waals surface area contributed by atoms with Crippen molar-refractivity contribution in [1.82, 2.24) is 15.0 Å². The van der Waals surface area contributed by atoms with Crippen LogP contribution in [0.25, 0.3) is 0 Å². The molecule has 0 radical (unpaired) electrons. The Bertz CT molecular complexity index is 1050. The first-order chi connectivity index (χ1) is 15.7. The fraction of sp³-hybridized carbons (Fsp3) is 0.273. The van der Waals surface area contributed by atoms with Gasteiger partial charge in [0, 0.05) is 18.8 Å². The number of aromatic nitrogens is 3. The molecule has 1 amide bonds. The highest BCUT2D eigenvalue weighted by Crippen LogP contribution is 2.25. The number of thioether (sulfide) groups is 1. The molecule has 2 N–H and O–H groups in total. The SMILES string of the molecule is COc1ccccc1NC(=O)CSc1nc(Nc2ccccc2)nc(N2CCOCC2)n1. The van der Waals surface area contributed by atoms with Gasteiger partial charge in [-0.25, -0.2) is 0 Å². The third-order valence-electron chi connectivity index (χ3n) is 4.64. The number of amides is 1. The molecule has 3 aromatic rings. The van der Waals surface area contributed by atoms with Crippen molar-refractivity contribution in [3.05, 3.63) is 54.6 Å². The number of nitrogens with zero attached hydrogens (tertiary/aromatic N) is 4. The van der Waals surface area contributed by atoms with Crippen molar-refractivity contribution < 1.29 is 14.3 Å². The Balaban J connectivity index is 1.48. The molecule has 9 nitrogen and oxygen atoms in total. The van der Waals surface area contributed by atoms with E-state index in [9.17, 15) is 4.79 Å². The van der Waals surface area contributed by atoms with Crippen LogP contribution in [0, 0.1) is 0 Å². The summed E-state index contributed by atoms with van der Waals surface area (Å²) in [5.74, 6) is 1.57. The van der Waals surface area contributed by atoms with Crippen LogP contribution in [0.1, 0.15) is 0 Å². The molecule has 166 valence electrons. The third-order valence-corrected chi connectivity index (χ3v) is 5.49. The second-order valence-corrected chi connectivity index (χ2v) is 7.81. The number of methoxy groups -OCH3 is 1. The summed E-state index contributed by atoms with van der Waals surface area (Å²) in [6, 6.07) is 17.0. The summed E-state index contributed by atoms with van der Waals surface area (Å²) < 4.78 is 10.7. The molecule has 32 heavy (non-hydrogen) atoms. The molecule has 0 bridgehead atoms. The smallest absolute Gasteiger partial charge is 0.234 e. The topological polar surface area (TPSA) is 102 Å². The molecule has 0 spiro atoms. The summed E-state index contributed by atoms with van der Waals surface area (Å²) >= 11 is 1.25. The van der Waals surface area contributed by atoms with E-state index in [-0.39, 0.29) is 11.7 Å². The van der Waals surface area contributed by atoms with E-state index in [1.54, 1.807) is 19.2 Å². The van der Waals surface area contributed by atoms with Crippen LogP contribution >= 0.6 is 11.8 Å². The molecule has 0 aliphatic carbocycles. The zero-order valence-corrected chi connectivity index (χ0v) is 18.5. The number of ether oxygens (including phenoxy) is 2. The van der Waals surface area contributed by atoms with E-state index in [4.69, 9.17) is 9.47 Å². The van der Waals surface area contributed by atoms with Gasteiger partial charge in [0.2, 0.25) is 17.8 Å². The van der Waals surface area contributed by atoms with E-state index in [0.717, 1.165) is 5.69 Å². The van der Waals surface area contributed by atoms with Gasteiger partial charge in [0.25, 0.3) is 0 Å². The molecule has 2 aromatic carbocycles. The van der Waals surface area contributed by atoms with Crippen molar-refractivity contribution in [3.63, 3.8) is 0 Å². The maximum Gasteiger partial charge on any atom is 0.234 e. The summed E-state index contributed by atoms with van der Waals surface area (Å²) in [4.78, 5) is 28.2. The normalized spacial score (nSPS) is 13.5. The molecule has 4 rings (SSSR count). The minimum absolute atomic E-state index is 0.148. The molecule has 0 atom stereocenters. The number of para-hydroxylation sites is 3. The highest BCUT2D eigenvalue weighted by molar-refractivity contribution is 7.99. The first-order valence-electron chi connectivity index (χ1n) is 10.2. The number of carbonyl (C=O) groups excluding carboxylic acids is 1. The van der Waals surface area contributed by atoms with Crippen LogP contribution in [0.15, 0.2) is 59.8 Å². The molecule has 1 fully saturated rings. The Morgan fingerprint density at radius 3 is 2.59 bits per heavy atom. The van der Waals surface area contributed by atoms with Gasteiger partial charge in [0.1, 0.15) is 5.75 Å². The maximum atomic E-state index is 12.5. The Kier molecular flexibility index (Phi) is 7.36. The number of hydrogen-bond acceptors (Lipinski definition) is 9. The van der Waals surface area contributed by atoms with Crippen molar-refractivity contribution in [2.45, 2.75) is 5.16 Å². The van der Waals surface area contributed by atoms with Crippen LogP contribution in [0.2, 0.25) is 0 Å². The van der Waals surface area contributed by atoms with Crippen molar-refractivity contribution in [2.75, 3.05) is 54.7 Å². The average Bonchev–Trinajstić information content (AvgIpc) is 2.84.